The van der Waals surface area contributed by atoms with Gasteiger partial charge in [0.15, 0.2) is 5.96 Å². The number of halogens is 2. The van der Waals surface area contributed by atoms with Crippen molar-refractivity contribution < 1.29 is 4.79 Å². The molecule has 0 fully saturated rings. The zero-order valence-corrected chi connectivity index (χ0v) is 17.2. The third-order valence-electron chi connectivity index (χ3n) is 3.16. The van der Waals surface area contributed by atoms with Crippen molar-refractivity contribution in [1.82, 2.24) is 15.3 Å². The summed E-state index contributed by atoms with van der Waals surface area (Å²) in [6.45, 7) is 0.537. The van der Waals surface area contributed by atoms with Gasteiger partial charge in [-0.05, 0) is 6.07 Å². The number of aliphatic imine (C=N–C) groups is 1. The van der Waals surface area contributed by atoms with Gasteiger partial charge < -0.3 is 21.8 Å². The molecule has 0 saturated carbocycles. The highest BCUT2D eigenvalue weighted by molar-refractivity contribution is 7.98. The number of nitrogens with zero attached hydrogens (tertiary/aromatic N) is 2. The lowest BCUT2D eigenvalue weighted by Gasteiger charge is -2.03. The third-order valence-corrected chi connectivity index (χ3v) is 6.87. The van der Waals surface area contributed by atoms with Crippen LogP contribution < -0.4 is 16.8 Å². The van der Waals surface area contributed by atoms with Crippen molar-refractivity contribution in [2.24, 2.45) is 16.5 Å². The molecule has 0 aliphatic heterocycles. The molecule has 1 amide bonds. The maximum atomic E-state index is 12.2. The van der Waals surface area contributed by atoms with E-state index in [1.807, 2.05) is 5.38 Å². The number of nitrogens with two attached hydrogens (primary N) is 2. The van der Waals surface area contributed by atoms with Crippen molar-refractivity contribution in [3.8, 4) is 0 Å². The molecule has 3 rings (SSSR count). The van der Waals surface area contributed by atoms with Crippen molar-refractivity contribution in [2.75, 3.05) is 12.3 Å². The molecular formula is C14H14Cl2N6OS3. The van der Waals surface area contributed by atoms with Crippen LogP contribution in [0.1, 0.15) is 16.2 Å². The Hall–Kier alpha value is -1.46. The van der Waals surface area contributed by atoms with E-state index in [2.05, 4.69) is 20.3 Å². The fraction of sp³-hybridized carbons (Fsp3) is 0.214. The number of thiazole rings is 1. The van der Waals surface area contributed by atoms with Crippen LogP contribution in [0.2, 0.25) is 9.36 Å². The molecule has 6 N–H and O–H groups in total. The standard InChI is InChI=1S/C14H14Cl2N6OS3/c15-9-10-8(26-11(9)16)3-7(21-10)12(23)19-1-2-24-4-6-5-25-14(20-6)22-13(17)18/h3,5,21H,1-2,4H2,(H,19,23)(H4,17,18,20,22). The van der Waals surface area contributed by atoms with Gasteiger partial charge >= 0.3 is 0 Å². The number of hydrogen-bond donors (Lipinski definition) is 4. The van der Waals surface area contributed by atoms with Gasteiger partial charge in [-0.15, -0.1) is 22.7 Å². The molecule has 26 heavy (non-hydrogen) atoms. The third kappa shape index (κ3) is 4.63. The lowest BCUT2D eigenvalue weighted by Crippen LogP contribution is -2.26. The van der Waals surface area contributed by atoms with Crippen molar-refractivity contribution >= 4 is 84.9 Å². The van der Waals surface area contributed by atoms with Crippen LogP contribution in [0.15, 0.2) is 16.4 Å². The number of fused-ring (bicyclic) bond motifs is 1. The van der Waals surface area contributed by atoms with Crippen molar-refractivity contribution in [3.63, 3.8) is 0 Å². The summed E-state index contributed by atoms with van der Waals surface area (Å²) in [6, 6.07) is 1.75. The first-order valence-electron chi connectivity index (χ1n) is 7.30. The van der Waals surface area contributed by atoms with Crippen molar-refractivity contribution in [1.29, 1.82) is 0 Å². The van der Waals surface area contributed by atoms with Crippen molar-refractivity contribution in [2.45, 2.75) is 5.75 Å². The molecule has 7 nitrogen and oxygen atoms in total. The van der Waals surface area contributed by atoms with Crippen LogP contribution in [-0.4, -0.2) is 34.1 Å². The number of aromatic nitrogens is 2. The molecule has 12 heteroatoms. The van der Waals surface area contributed by atoms with Gasteiger partial charge in [-0.1, -0.05) is 23.2 Å². The van der Waals surface area contributed by atoms with E-state index in [0.717, 1.165) is 21.9 Å². The molecule has 0 unspecified atom stereocenters. The highest BCUT2D eigenvalue weighted by Crippen LogP contribution is 2.38. The highest BCUT2D eigenvalue weighted by atomic mass is 35.5. The van der Waals surface area contributed by atoms with Crippen LogP contribution in [0.5, 0.6) is 0 Å². The molecule has 0 aromatic carbocycles. The van der Waals surface area contributed by atoms with E-state index < -0.39 is 0 Å². The summed E-state index contributed by atoms with van der Waals surface area (Å²) in [6.07, 6.45) is 0. The van der Waals surface area contributed by atoms with Crippen LogP contribution in [0.25, 0.3) is 10.2 Å². The van der Waals surface area contributed by atoms with E-state index >= 15 is 0 Å². The number of carbonyl (C=O) groups excluding carboxylic acids is 1. The second-order valence-corrected chi connectivity index (χ2v) is 9.05. The molecule has 0 bridgehead atoms. The van der Waals surface area contributed by atoms with E-state index in [-0.39, 0.29) is 11.9 Å². The number of rotatable bonds is 7. The first kappa shape index (κ1) is 19.3. The topological polar surface area (TPSA) is 122 Å². The van der Waals surface area contributed by atoms with Gasteiger partial charge in [0.2, 0.25) is 5.13 Å². The molecule has 0 spiro atoms. The first-order valence-corrected chi connectivity index (χ1v) is 10.9. The monoisotopic (exact) mass is 448 g/mol. The van der Waals surface area contributed by atoms with Crippen LogP contribution in [0.3, 0.4) is 0 Å². The van der Waals surface area contributed by atoms with Gasteiger partial charge in [-0.25, -0.2) is 4.98 Å². The lowest BCUT2D eigenvalue weighted by molar-refractivity contribution is 0.0952. The minimum Gasteiger partial charge on any atom is -0.370 e. The number of H-pyrrole nitrogens is 1. The second-order valence-electron chi connectivity index (χ2n) is 5.08. The van der Waals surface area contributed by atoms with E-state index in [1.54, 1.807) is 17.8 Å². The number of aromatic amines is 1. The second kappa shape index (κ2) is 8.49. The normalized spacial score (nSPS) is 11.0. The van der Waals surface area contributed by atoms with Gasteiger partial charge in [0, 0.05) is 23.4 Å². The Morgan fingerprint density at radius 1 is 1.42 bits per heavy atom. The Morgan fingerprint density at radius 3 is 2.96 bits per heavy atom. The molecule has 3 aromatic rings. The summed E-state index contributed by atoms with van der Waals surface area (Å²) < 4.78 is 1.38. The van der Waals surface area contributed by atoms with E-state index in [9.17, 15) is 4.79 Å². The summed E-state index contributed by atoms with van der Waals surface area (Å²) in [4.78, 5) is 23.4. The average molecular weight is 449 g/mol. The molecule has 0 aliphatic carbocycles. The molecule has 138 valence electrons. The summed E-state index contributed by atoms with van der Waals surface area (Å²) in [5, 5.41) is 5.77. The van der Waals surface area contributed by atoms with Crippen LogP contribution in [0, 0.1) is 0 Å². The number of guanidine groups is 1. The zero-order valence-electron chi connectivity index (χ0n) is 13.2. The van der Waals surface area contributed by atoms with E-state index in [1.165, 1.54) is 22.7 Å². The van der Waals surface area contributed by atoms with Crippen LogP contribution in [0.4, 0.5) is 5.13 Å². The summed E-state index contributed by atoms with van der Waals surface area (Å²) in [5.74, 6) is 1.29. The van der Waals surface area contributed by atoms with Crippen LogP contribution in [-0.2, 0) is 5.75 Å². The summed E-state index contributed by atoms with van der Waals surface area (Å²) in [7, 11) is 0. The fourth-order valence-electron chi connectivity index (χ4n) is 2.07. The van der Waals surface area contributed by atoms with Gasteiger partial charge in [-0.3, -0.25) is 4.79 Å². The predicted octanol–water partition coefficient (Wildman–Crippen LogP) is 3.56. The number of nitrogens with one attached hydrogen (secondary N) is 2. The SMILES string of the molecule is NC(N)=Nc1nc(CSCCNC(=O)c2cc3sc(Cl)c(Cl)c3[nH]2)cs1. The Bertz CT molecular complexity index is 959. The maximum absolute atomic E-state index is 12.2. The minimum atomic E-state index is -0.176. The van der Waals surface area contributed by atoms with E-state index in [0.29, 0.717) is 32.2 Å². The number of hydrogen-bond acceptors (Lipinski definition) is 6. The van der Waals surface area contributed by atoms with Gasteiger partial charge in [0.1, 0.15) is 10.0 Å². The summed E-state index contributed by atoms with van der Waals surface area (Å²) in [5.41, 5.74) is 12.7. The van der Waals surface area contributed by atoms with Gasteiger partial charge in [0.25, 0.3) is 5.91 Å². The maximum Gasteiger partial charge on any atom is 0.267 e. The Morgan fingerprint density at radius 2 is 2.23 bits per heavy atom. The highest BCUT2D eigenvalue weighted by Gasteiger charge is 2.15. The Balaban J connectivity index is 1.43. The molecule has 3 heterocycles. The zero-order chi connectivity index (χ0) is 18.7. The predicted molar refractivity (Wildman–Crippen MR) is 112 cm³/mol. The lowest BCUT2D eigenvalue weighted by atomic mass is 10.4. The fourth-order valence-corrected chi connectivity index (χ4v) is 5.11. The van der Waals surface area contributed by atoms with E-state index in [4.69, 9.17) is 34.7 Å². The molecular weight excluding hydrogens is 435 g/mol. The van der Waals surface area contributed by atoms with Gasteiger partial charge in [-0.2, -0.15) is 16.8 Å². The molecule has 3 aromatic heterocycles. The number of thiophene rings is 1. The molecule has 0 saturated heterocycles. The van der Waals surface area contributed by atoms with Gasteiger partial charge in [0.05, 0.1) is 20.9 Å². The molecule has 0 aliphatic rings. The average Bonchev–Trinajstić information content (AvgIpc) is 3.25. The largest absolute Gasteiger partial charge is 0.370 e. The number of carbonyl (C=O) groups is 1. The first-order chi connectivity index (χ1) is 12.4. The smallest absolute Gasteiger partial charge is 0.267 e. The molecule has 0 atom stereocenters. The number of amides is 1. The number of thioether (sulfide) groups is 1. The Kier molecular flexibility index (Phi) is 6.30. The van der Waals surface area contributed by atoms with Crippen molar-refractivity contribution in [3.05, 3.63) is 32.2 Å². The molecule has 0 radical (unpaired) electrons. The summed E-state index contributed by atoms with van der Waals surface area (Å²) >= 11 is 16.4. The van der Waals surface area contributed by atoms with Crippen LogP contribution >= 0.6 is 57.6 Å². The quantitative estimate of drug-likeness (QED) is 0.250. The Labute approximate surface area is 171 Å². The minimum absolute atomic E-state index is 0.00555.